The van der Waals surface area contributed by atoms with E-state index in [0.29, 0.717) is 23.6 Å². The monoisotopic (exact) mass is 410 g/mol. The van der Waals surface area contributed by atoms with Crippen molar-refractivity contribution in [3.05, 3.63) is 58.9 Å². The minimum atomic E-state index is -3.91. The number of halogens is 2. The minimum Gasteiger partial charge on any atom is -0.323 e. The molecule has 0 saturated carbocycles. The average molecular weight is 411 g/mol. The number of rotatable bonds is 4. The van der Waals surface area contributed by atoms with Crippen molar-refractivity contribution in [1.82, 2.24) is 4.31 Å². The largest absolute Gasteiger partial charge is 0.323 e. The molecule has 0 spiro atoms. The summed E-state index contributed by atoms with van der Waals surface area (Å²) in [6, 6.07) is 9.01. The summed E-state index contributed by atoms with van der Waals surface area (Å²) < 4.78 is 40.3. The maximum Gasteiger partial charge on any atom is 0.243 e. The predicted octanol–water partition coefficient (Wildman–Crippen LogP) is 3.97. The van der Waals surface area contributed by atoms with E-state index in [2.05, 4.69) is 5.32 Å². The van der Waals surface area contributed by atoms with Crippen LogP contribution in [0, 0.1) is 12.7 Å². The molecule has 2 aromatic rings. The van der Waals surface area contributed by atoms with Gasteiger partial charge in [-0.3, -0.25) is 4.79 Å². The van der Waals surface area contributed by atoms with Crippen LogP contribution in [0.5, 0.6) is 0 Å². The smallest absolute Gasteiger partial charge is 0.243 e. The fourth-order valence-electron chi connectivity index (χ4n) is 3.13. The molecule has 0 aliphatic carbocycles. The third kappa shape index (κ3) is 4.31. The Hall–Kier alpha value is -1.96. The van der Waals surface area contributed by atoms with Gasteiger partial charge in [0.25, 0.3) is 0 Å². The molecule has 1 atom stereocenters. The van der Waals surface area contributed by atoms with Crippen LogP contribution in [0.2, 0.25) is 5.02 Å². The number of benzene rings is 2. The average Bonchev–Trinajstić information content (AvgIpc) is 2.64. The Morgan fingerprint density at radius 3 is 2.56 bits per heavy atom. The zero-order valence-corrected chi connectivity index (χ0v) is 16.4. The summed E-state index contributed by atoms with van der Waals surface area (Å²) in [6.45, 7) is 2.12. The number of hydrogen-bond acceptors (Lipinski definition) is 3. The Morgan fingerprint density at radius 1 is 1.19 bits per heavy atom. The standard InChI is InChI=1S/C19H20ClFN2O3S/c1-13-5-10-17(16(20)12-13)22-19(24)18-4-2-3-11-23(18)27(25,26)15-8-6-14(21)7-9-15/h5-10,12,18H,2-4,11H2,1H3,(H,22,24)/t18-/m1/s1. The molecule has 2 aromatic carbocycles. The van der Waals surface area contributed by atoms with Gasteiger partial charge in [-0.1, -0.05) is 24.1 Å². The first kappa shape index (κ1) is 19.8. The van der Waals surface area contributed by atoms with Gasteiger partial charge in [-0.05, 0) is 61.7 Å². The second-order valence-corrected chi connectivity index (χ2v) is 8.85. The number of sulfonamides is 1. The summed E-state index contributed by atoms with van der Waals surface area (Å²) in [4.78, 5) is 12.8. The molecule has 1 heterocycles. The molecule has 27 heavy (non-hydrogen) atoms. The molecule has 1 N–H and O–H groups in total. The molecule has 8 heteroatoms. The molecule has 1 aliphatic heterocycles. The van der Waals surface area contributed by atoms with Gasteiger partial charge in [-0.15, -0.1) is 0 Å². The lowest BCUT2D eigenvalue weighted by molar-refractivity contribution is -0.120. The Balaban J connectivity index is 1.86. The van der Waals surface area contributed by atoms with E-state index in [-0.39, 0.29) is 11.4 Å². The summed E-state index contributed by atoms with van der Waals surface area (Å²) >= 11 is 6.17. The summed E-state index contributed by atoms with van der Waals surface area (Å²) in [5.74, 6) is -0.943. The Morgan fingerprint density at radius 2 is 1.89 bits per heavy atom. The van der Waals surface area contributed by atoms with Gasteiger partial charge in [0.2, 0.25) is 15.9 Å². The highest BCUT2D eigenvalue weighted by Gasteiger charge is 2.37. The minimum absolute atomic E-state index is 0.0306. The van der Waals surface area contributed by atoms with Gasteiger partial charge < -0.3 is 5.32 Å². The molecule has 144 valence electrons. The first-order valence-corrected chi connectivity index (χ1v) is 10.5. The number of hydrogen-bond donors (Lipinski definition) is 1. The fourth-order valence-corrected chi connectivity index (χ4v) is 5.07. The third-order valence-electron chi connectivity index (χ3n) is 4.56. The highest BCUT2D eigenvalue weighted by molar-refractivity contribution is 7.89. The second kappa shape index (κ2) is 7.96. The van der Waals surface area contributed by atoms with Crippen LogP contribution in [0.1, 0.15) is 24.8 Å². The number of anilines is 1. The first-order valence-electron chi connectivity index (χ1n) is 8.63. The Bertz CT molecular complexity index is 948. The van der Waals surface area contributed by atoms with Gasteiger partial charge in [0.15, 0.2) is 0 Å². The SMILES string of the molecule is Cc1ccc(NC(=O)[C@H]2CCCCN2S(=O)(=O)c2ccc(F)cc2)c(Cl)c1. The van der Waals surface area contributed by atoms with Gasteiger partial charge in [0.1, 0.15) is 11.9 Å². The van der Waals surface area contributed by atoms with Crippen LogP contribution in [-0.4, -0.2) is 31.2 Å². The number of carbonyl (C=O) groups is 1. The maximum absolute atomic E-state index is 13.1. The van der Waals surface area contributed by atoms with Crippen molar-refractivity contribution >= 4 is 33.2 Å². The quantitative estimate of drug-likeness (QED) is 0.829. The molecule has 0 radical (unpaired) electrons. The molecule has 1 fully saturated rings. The van der Waals surface area contributed by atoms with E-state index in [1.165, 1.54) is 16.4 Å². The van der Waals surface area contributed by atoms with Gasteiger partial charge >= 0.3 is 0 Å². The van der Waals surface area contributed by atoms with E-state index in [1.807, 2.05) is 13.0 Å². The van der Waals surface area contributed by atoms with E-state index in [1.54, 1.807) is 12.1 Å². The third-order valence-corrected chi connectivity index (χ3v) is 6.79. The molecule has 3 rings (SSSR count). The molecule has 0 aromatic heterocycles. The number of nitrogens with one attached hydrogen (secondary N) is 1. The van der Waals surface area contributed by atoms with Crippen molar-refractivity contribution in [2.45, 2.75) is 37.1 Å². The van der Waals surface area contributed by atoms with Crippen molar-refractivity contribution < 1.29 is 17.6 Å². The molecule has 1 saturated heterocycles. The summed E-state index contributed by atoms with van der Waals surface area (Å²) in [6.07, 6.45) is 1.82. The van der Waals surface area contributed by atoms with Gasteiger partial charge in [-0.25, -0.2) is 12.8 Å². The topological polar surface area (TPSA) is 66.5 Å². The van der Waals surface area contributed by atoms with E-state index in [4.69, 9.17) is 11.6 Å². The van der Waals surface area contributed by atoms with Crippen LogP contribution < -0.4 is 5.32 Å². The fraction of sp³-hybridized carbons (Fsp3) is 0.316. The zero-order chi connectivity index (χ0) is 19.6. The lowest BCUT2D eigenvalue weighted by atomic mass is 10.0. The summed E-state index contributed by atoms with van der Waals surface area (Å²) in [5, 5.41) is 3.13. The Kier molecular flexibility index (Phi) is 5.83. The molecule has 0 unspecified atom stereocenters. The highest BCUT2D eigenvalue weighted by atomic mass is 35.5. The number of piperidine rings is 1. The molecular formula is C19H20ClFN2O3S. The Labute approximate surface area is 163 Å². The van der Waals surface area contributed by atoms with Crippen molar-refractivity contribution in [3.8, 4) is 0 Å². The van der Waals surface area contributed by atoms with Crippen molar-refractivity contribution in [2.24, 2.45) is 0 Å². The van der Waals surface area contributed by atoms with Crippen molar-refractivity contribution in [2.75, 3.05) is 11.9 Å². The first-order chi connectivity index (χ1) is 12.8. The molecule has 1 aliphatic rings. The van der Waals surface area contributed by atoms with E-state index in [0.717, 1.165) is 24.1 Å². The van der Waals surface area contributed by atoms with E-state index >= 15 is 0 Å². The molecule has 1 amide bonds. The van der Waals surface area contributed by atoms with E-state index < -0.39 is 27.8 Å². The van der Waals surface area contributed by atoms with Crippen LogP contribution >= 0.6 is 11.6 Å². The predicted molar refractivity (Wildman–Crippen MR) is 103 cm³/mol. The lowest BCUT2D eigenvalue weighted by Gasteiger charge is -2.33. The van der Waals surface area contributed by atoms with Crippen LogP contribution in [0.4, 0.5) is 10.1 Å². The normalized spacial score (nSPS) is 18.3. The van der Waals surface area contributed by atoms with Crippen molar-refractivity contribution in [1.29, 1.82) is 0 Å². The molecule has 5 nitrogen and oxygen atoms in total. The summed E-state index contributed by atoms with van der Waals surface area (Å²) in [5.41, 5.74) is 1.40. The number of carbonyl (C=O) groups excluding carboxylic acids is 1. The van der Waals surface area contributed by atoms with Gasteiger partial charge in [-0.2, -0.15) is 4.31 Å². The van der Waals surface area contributed by atoms with Gasteiger partial charge in [0, 0.05) is 6.54 Å². The maximum atomic E-state index is 13.1. The van der Waals surface area contributed by atoms with Gasteiger partial charge in [0.05, 0.1) is 15.6 Å². The highest BCUT2D eigenvalue weighted by Crippen LogP contribution is 2.28. The van der Waals surface area contributed by atoms with Crippen LogP contribution in [0.3, 0.4) is 0 Å². The zero-order valence-electron chi connectivity index (χ0n) is 14.8. The second-order valence-electron chi connectivity index (χ2n) is 6.55. The molecule has 0 bridgehead atoms. The number of nitrogens with zero attached hydrogens (tertiary/aromatic N) is 1. The lowest BCUT2D eigenvalue weighted by Crippen LogP contribution is -2.49. The van der Waals surface area contributed by atoms with Crippen molar-refractivity contribution in [3.63, 3.8) is 0 Å². The van der Waals surface area contributed by atoms with Crippen LogP contribution in [-0.2, 0) is 14.8 Å². The molecular weight excluding hydrogens is 391 g/mol. The number of amides is 1. The van der Waals surface area contributed by atoms with E-state index in [9.17, 15) is 17.6 Å². The van der Waals surface area contributed by atoms with Crippen LogP contribution in [0.15, 0.2) is 47.4 Å². The van der Waals surface area contributed by atoms with Crippen LogP contribution in [0.25, 0.3) is 0 Å². The summed E-state index contributed by atoms with van der Waals surface area (Å²) in [7, 11) is -3.91. The number of aryl methyl sites for hydroxylation is 1.